The van der Waals surface area contributed by atoms with E-state index in [1.807, 2.05) is 38.1 Å². The average molecular weight is 285 g/mol. The van der Waals surface area contributed by atoms with Crippen LogP contribution in [0.15, 0.2) is 24.3 Å². The van der Waals surface area contributed by atoms with E-state index in [1.54, 1.807) is 0 Å². The van der Waals surface area contributed by atoms with Gasteiger partial charge in [-0.3, -0.25) is 0 Å². The fourth-order valence-electron chi connectivity index (χ4n) is 1.87. The summed E-state index contributed by atoms with van der Waals surface area (Å²) in [5.41, 5.74) is 6.54. The van der Waals surface area contributed by atoms with Gasteiger partial charge in [-0.2, -0.15) is 0 Å². The minimum Gasteiger partial charge on any atom is -0.493 e. The number of para-hydroxylation sites is 1. The molecule has 0 aromatic heterocycles. The molecule has 5 heteroatoms. The zero-order chi connectivity index (χ0) is 14.3. The van der Waals surface area contributed by atoms with Gasteiger partial charge in [0.15, 0.2) is 9.84 Å². The van der Waals surface area contributed by atoms with Crippen LogP contribution in [0.4, 0.5) is 0 Å². The van der Waals surface area contributed by atoms with Crippen molar-refractivity contribution in [2.75, 3.05) is 18.1 Å². The maximum atomic E-state index is 11.7. The summed E-state index contributed by atoms with van der Waals surface area (Å²) in [5, 5.41) is 0. The van der Waals surface area contributed by atoms with Crippen LogP contribution in [0, 0.1) is 5.92 Å². The van der Waals surface area contributed by atoms with E-state index < -0.39 is 9.84 Å². The number of rotatable bonds is 8. The summed E-state index contributed by atoms with van der Waals surface area (Å²) in [6.45, 7) is 4.63. The number of hydrogen-bond donors (Lipinski definition) is 1. The second kappa shape index (κ2) is 7.50. The predicted molar refractivity (Wildman–Crippen MR) is 77.9 cm³/mol. The van der Waals surface area contributed by atoms with Crippen molar-refractivity contribution in [2.24, 2.45) is 11.7 Å². The normalized spacial score (nSPS) is 11.8. The Morgan fingerprint density at radius 1 is 1.26 bits per heavy atom. The molecule has 0 unspecified atom stereocenters. The molecule has 0 amide bonds. The molecule has 0 radical (unpaired) electrons. The maximum absolute atomic E-state index is 11.7. The Bertz CT molecular complexity index is 483. The van der Waals surface area contributed by atoms with E-state index in [0.29, 0.717) is 19.6 Å². The smallest absolute Gasteiger partial charge is 0.150 e. The van der Waals surface area contributed by atoms with Gasteiger partial charge < -0.3 is 10.5 Å². The van der Waals surface area contributed by atoms with Crippen LogP contribution >= 0.6 is 0 Å². The Labute approximate surface area is 115 Å². The zero-order valence-corrected chi connectivity index (χ0v) is 12.4. The van der Waals surface area contributed by atoms with Gasteiger partial charge in [-0.05, 0) is 18.4 Å². The van der Waals surface area contributed by atoms with Gasteiger partial charge in [0, 0.05) is 12.1 Å². The Morgan fingerprint density at radius 2 is 1.95 bits per heavy atom. The molecule has 0 spiro atoms. The van der Waals surface area contributed by atoms with E-state index in [-0.39, 0.29) is 17.4 Å². The molecule has 2 N–H and O–H groups in total. The molecule has 0 aliphatic heterocycles. The van der Waals surface area contributed by atoms with Crippen LogP contribution in [0.5, 0.6) is 5.75 Å². The first-order chi connectivity index (χ1) is 8.94. The SMILES string of the molecule is CC(C)CS(=O)(=O)CCCOc1ccccc1CN. The van der Waals surface area contributed by atoms with Crippen molar-refractivity contribution in [1.82, 2.24) is 0 Å². The standard InChI is InChI=1S/C14H23NO3S/c1-12(2)11-19(16,17)9-5-8-18-14-7-4-3-6-13(14)10-15/h3-4,6-7,12H,5,8-11,15H2,1-2H3. The highest BCUT2D eigenvalue weighted by molar-refractivity contribution is 7.91. The molecule has 0 saturated heterocycles. The van der Waals surface area contributed by atoms with Gasteiger partial charge in [0.25, 0.3) is 0 Å². The molecule has 4 nitrogen and oxygen atoms in total. The fraction of sp³-hybridized carbons (Fsp3) is 0.571. The van der Waals surface area contributed by atoms with E-state index in [0.717, 1.165) is 11.3 Å². The van der Waals surface area contributed by atoms with Gasteiger partial charge in [-0.25, -0.2) is 8.42 Å². The van der Waals surface area contributed by atoms with E-state index in [2.05, 4.69) is 0 Å². The highest BCUT2D eigenvalue weighted by atomic mass is 32.2. The number of ether oxygens (including phenoxy) is 1. The summed E-state index contributed by atoms with van der Waals surface area (Å²) in [6.07, 6.45) is 0.508. The number of sulfone groups is 1. The number of benzene rings is 1. The average Bonchev–Trinajstić information content (AvgIpc) is 2.33. The lowest BCUT2D eigenvalue weighted by Gasteiger charge is -2.10. The van der Waals surface area contributed by atoms with Gasteiger partial charge in [-0.1, -0.05) is 32.0 Å². The molecule has 1 rings (SSSR count). The topological polar surface area (TPSA) is 69.4 Å². The first kappa shape index (κ1) is 16.0. The maximum Gasteiger partial charge on any atom is 0.150 e. The minimum atomic E-state index is -2.96. The molecule has 1 aromatic carbocycles. The molecule has 1 aromatic rings. The van der Waals surface area contributed by atoms with Crippen molar-refractivity contribution in [1.29, 1.82) is 0 Å². The third-order valence-corrected chi connectivity index (χ3v) is 4.72. The minimum absolute atomic E-state index is 0.170. The van der Waals surface area contributed by atoms with Crippen LogP contribution in [0.25, 0.3) is 0 Å². The molecular formula is C14H23NO3S. The highest BCUT2D eigenvalue weighted by Crippen LogP contribution is 2.17. The van der Waals surface area contributed by atoms with Crippen LogP contribution in [0.1, 0.15) is 25.8 Å². The van der Waals surface area contributed by atoms with Crippen molar-refractivity contribution in [2.45, 2.75) is 26.8 Å². The molecule has 0 bridgehead atoms. The third kappa shape index (κ3) is 6.07. The van der Waals surface area contributed by atoms with Crippen molar-refractivity contribution in [3.8, 4) is 5.75 Å². The largest absolute Gasteiger partial charge is 0.493 e. The summed E-state index contributed by atoms with van der Waals surface area (Å²) in [4.78, 5) is 0. The summed E-state index contributed by atoms with van der Waals surface area (Å²) in [7, 11) is -2.96. The first-order valence-corrected chi connectivity index (χ1v) is 8.38. The predicted octanol–water partition coefficient (Wildman–Crippen LogP) is 1.98. The quantitative estimate of drug-likeness (QED) is 0.742. The van der Waals surface area contributed by atoms with Crippen molar-refractivity contribution in [3.63, 3.8) is 0 Å². The molecule has 0 heterocycles. The second-order valence-electron chi connectivity index (χ2n) is 5.02. The van der Waals surface area contributed by atoms with Crippen molar-refractivity contribution >= 4 is 9.84 Å². The second-order valence-corrected chi connectivity index (χ2v) is 7.25. The van der Waals surface area contributed by atoms with Crippen LogP contribution in [-0.4, -0.2) is 26.5 Å². The molecule has 0 aliphatic carbocycles. The van der Waals surface area contributed by atoms with Crippen LogP contribution in [0.3, 0.4) is 0 Å². The Hall–Kier alpha value is -1.07. The Kier molecular flexibility index (Phi) is 6.31. The Morgan fingerprint density at radius 3 is 2.58 bits per heavy atom. The molecule has 0 fully saturated rings. The van der Waals surface area contributed by atoms with Gasteiger partial charge in [-0.15, -0.1) is 0 Å². The summed E-state index contributed by atoms with van der Waals surface area (Å²) >= 11 is 0. The highest BCUT2D eigenvalue weighted by Gasteiger charge is 2.12. The van der Waals surface area contributed by atoms with Gasteiger partial charge in [0.1, 0.15) is 5.75 Å². The summed E-state index contributed by atoms with van der Waals surface area (Å²) < 4.78 is 29.0. The van der Waals surface area contributed by atoms with E-state index in [4.69, 9.17) is 10.5 Å². The molecule has 0 aliphatic rings. The lowest BCUT2D eigenvalue weighted by Crippen LogP contribution is -2.17. The van der Waals surface area contributed by atoms with E-state index in [9.17, 15) is 8.42 Å². The van der Waals surface area contributed by atoms with Crippen LogP contribution in [0.2, 0.25) is 0 Å². The van der Waals surface area contributed by atoms with Gasteiger partial charge in [0.05, 0.1) is 18.1 Å². The summed E-state index contributed by atoms with van der Waals surface area (Å²) in [6, 6.07) is 7.54. The number of hydrogen-bond acceptors (Lipinski definition) is 4. The van der Waals surface area contributed by atoms with E-state index in [1.165, 1.54) is 0 Å². The first-order valence-electron chi connectivity index (χ1n) is 6.56. The fourth-order valence-corrected chi connectivity index (χ4v) is 3.61. The lowest BCUT2D eigenvalue weighted by molar-refractivity contribution is 0.314. The van der Waals surface area contributed by atoms with Gasteiger partial charge >= 0.3 is 0 Å². The van der Waals surface area contributed by atoms with E-state index >= 15 is 0 Å². The molecule has 0 saturated carbocycles. The van der Waals surface area contributed by atoms with Crippen LogP contribution < -0.4 is 10.5 Å². The zero-order valence-electron chi connectivity index (χ0n) is 11.6. The monoisotopic (exact) mass is 285 g/mol. The molecule has 0 atom stereocenters. The molecular weight excluding hydrogens is 262 g/mol. The summed E-state index contributed by atoms with van der Waals surface area (Å²) in [5.74, 6) is 1.33. The van der Waals surface area contributed by atoms with Crippen molar-refractivity contribution < 1.29 is 13.2 Å². The Balaban J connectivity index is 2.39. The number of nitrogens with two attached hydrogens (primary N) is 1. The van der Waals surface area contributed by atoms with Gasteiger partial charge in [0.2, 0.25) is 0 Å². The van der Waals surface area contributed by atoms with Crippen molar-refractivity contribution in [3.05, 3.63) is 29.8 Å². The molecule has 108 valence electrons. The molecule has 19 heavy (non-hydrogen) atoms. The lowest BCUT2D eigenvalue weighted by atomic mass is 10.2. The van der Waals surface area contributed by atoms with Crippen LogP contribution in [-0.2, 0) is 16.4 Å². The third-order valence-electron chi connectivity index (χ3n) is 2.64.